The van der Waals surface area contributed by atoms with Crippen molar-refractivity contribution in [2.75, 3.05) is 54.9 Å². The molecule has 1 aromatic carbocycles. The van der Waals surface area contributed by atoms with Crippen LogP contribution in [0, 0.1) is 5.82 Å². The summed E-state index contributed by atoms with van der Waals surface area (Å²) < 4.78 is 118. The van der Waals surface area contributed by atoms with Gasteiger partial charge in [0.15, 0.2) is 34.3 Å². The van der Waals surface area contributed by atoms with Gasteiger partial charge in [0.25, 0.3) is 27.8 Å². The summed E-state index contributed by atoms with van der Waals surface area (Å²) >= 11 is 3.38. The molecule has 0 bridgehead atoms. The first-order valence-electron chi connectivity index (χ1n) is 39.7. The first-order valence-corrected chi connectivity index (χ1v) is 53.7. The molecule has 7 N–H and O–H groups in total. The highest BCUT2D eigenvalue weighted by atomic mass is 79.9. The summed E-state index contributed by atoms with van der Waals surface area (Å²) in [5.41, 5.74) is -1.34. The van der Waals surface area contributed by atoms with Crippen molar-refractivity contribution in [3.05, 3.63) is 235 Å². The lowest BCUT2D eigenvalue weighted by molar-refractivity contribution is 0.0581. The number of hydrogen-bond acceptors (Lipinski definition) is 32. The molecular weight excluding hydrogens is 1900 g/mol. The van der Waals surface area contributed by atoms with Crippen LogP contribution < -0.4 is 36.6 Å². The third-order valence-electron chi connectivity index (χ3n) is 19.9. The number of aromatic hydroxyl groups is 3. The van der Waals surface area contributed by atoms with Crippen LogP contribution in [0.1, 0.15) is 161 Å². The summed E-state index contributed by atoms with van der Waals surface area (Å²) in [4.78, 5) is 179. The number of Topliss-reactive ketones (excluding diaryl/α,β-unsaturated/α-hetero) is 1. The molecule has 0 saturated heterocycles. The molecule has 0 spiro atoms. The fraction of sp³-hybridized carbons (Fsp3) is 0.378. The van der Waals surface area contributed by atoms with Gasteiger partial charge >= 0.3 is 70.9 Å². The second-order valence-corrected chi connectivity index (χ2v) is 49.0. The molecule has 0 atom stereocenters. The minimum Gasteiger partial charge on any atom is -0.538 e. The minimum atomic E-state index is -4.34. The number of esters is 4. The van der Waals surface area contributed by atoms with Gasteiger partial charge in [-0.2, -0.15) is 0 Å². The standard InChI is InChI=1S/C21H33N2O7PSi.C18H16FN2O6P.C17H23BrN2O4Si.C15H19N2O7P.C11H11N2O7P/c1-9-28-31(26,29-10-2)14-15-11-12-16-22-17(20(25)27-6)18(19(24)23(16)13-15)30-32(7,8)21(3,4)5;19-13-5-1-11(2-6-13)3-7-14(22)16-17(23)18(24)21-9-12(10-28(25,26)27)4-8-15(21)20-16;1-17(2,3)25(5,6)24-14-13(16(22)23-4)19-12-8-7-11(9-18)10-20(12)15(14)21;1-4-23-25(21,24-5-2)9-10-6-7-11-16-12(15(20)22-3)13(18)14(19)17(11)8-10;1-20-11(16)8-9(14)10(15)13-4-6(5-21(17,18)19)2-3-7(13)12-8/h11-13H,9-10,14H2,1-8H3;1-2,4-6,8-9,23H,3,7,10H2,(H2,25,26,27);7-8,10H,9H2,1-6H3;6-8,18H,4-5,9H2,1-3H3;2-4,14H,5H2,1H3,(H2,17,18,19). The zero-order chi connectivity index (χ0) is 98.2. The van der Waals surface area contributed by atoms with Crippen LogP contribution in [0.2, 0.25) is 36.3 Å². The first-order chi connectivity index (χ1) is 61.0. The number of hydrogen-bond donors (Lipinski definition) is 7. The lowest BCUT2D eigenvalue weighted by Gasteiger charge is -2.36. The largest absolute Gasteiger partial charge is 0.538 e. The number of fused-ring (bicyclic) bond motifs is 5. The smallest absolute Gasteiger partial charge is 0.360 e. The second kappa shape index (κ2) is 44.5. The number of carbonyl (C=O) groups is 5. The number of aryl methyl sites for hydroxylation is 1. The maximum absolute atomic E-state index is 13.4. The van der Waals surface area contributed by atoms with Crippen LogP contribution in [0.5, 0.6) is 28.7 Å². The third-order valence-corrected chi connectivity index (χ3v) is 34.9. The van der Waals surface area contributed by atoms with Crippen LogP contribution in [0.15, 0.2) is 140 Å². The highest BCUT2D eigenvalue weighted by molar-refractivity contribution is 9.08. The zero-order valence-corrected chi connectivity index (χ0v) is 81.9. The molecule has 0 amide bonds. The molecule has 0 aliphatic heterocycles. The summed E-state index contributed by atoms with van der Waals surface area (Å²) in [6, 6.07) is 20.8. The molecule has 0 aliphatic rings. The molecule has 0 fully saturated rings. The summed E-state index contributed by atoms with van der Waals surface area (Å²) in [6.07, 6.45) is 5.94. The number of ketones is 1. The van der Waals surface area contributed by atoms with Gasteiger partial charge in [0.05, 0.1) is 79.5 Å². The normalized spacial score (nSPS) is 12.0. The Balaban J connectivity index is 0.000000225. The highest BCUT2D eigenvalue weighted by Crippen LogP contribution is 2.53. The van der Waals surface area contributed by atoms with Crippen molar-refractivity contribution in [3.8, 4) is 28.7 Å². The van der Waals surface area contributed by atoms with E-state index in [1.807, 2.05) is 53.0 Å². The van der Waals surface area contributed by atoms with Gasteiger partial charge < -0.3 is 80.8 Å². The molecule has 41 nitrogen and oxygen atoms in total. The van der Waals surface area contributed by atoms with Gasteiger partial charge in [-0.05, 0) is 146 Å². The maximum Gasteiger partial charge on any atom is 0.360 e. The average molecular weight is 2000 g/mol. The Labute approximate surface area is 758 Å². The molecular formula is C82H102BrFN10O31P4Si2. The molecule has 0 unspecified atom stereocenters. The molecule has 0 saturated carbocycles. The molecule has 131 heavy (non-hydrogen) atoms. The Morgan fingerprint density at radius 3 is 0.924 bits per heavy atom. The van der Waals surface area contributed by atoms with E-state index < -0.39 is 151 Å². The van der Waals surface area contributed by atoms with Gasteiger partial charge in [-0.3, -0.25) is 69.0 Å². The predicted molar refractivity (Wildman–Crippen MR) is 486 cm³/mol. The number of alkyl halides is 1. The van der Waals surface area contributed by atoms with E-state index in [0.717, 1.165) is 45.4 Å². The van der Waals surface area contributed by atoms with E-state index in [2.05, 4.69) is 71.1 Å². The summed E-state index contributed by atoms with van der Waals surface area (Å²) in [6.45, 7) is 28.0. The molecule has 10 heterocycles. The van der Waals surface area contributed by atoms with Gasteiger partial charge in [-0.15, -0.1) is 0 Å². The molecule has 49 heteroatoms. The quantitative estimate of drug-likeness (QED) is 0.00572. The van der Waals surface area contributed by atoms with Gasteiger partial charge in [0, 0.05) is 42.7 Å². The van der Waals surface area contributed by atoms with Crippen molar-refractivity contribution in [2.45, 2.75) is 148 Å². The Kier molecular flexibility index (Phi) is 36.4. The van der Waals surface area contributed by atoms with Gasteiger partial charge in [0.1, 0.15) is 34.1 Å². The van der Waals surface area contributed by atoms with Gasteiger partial charge in [0.2, 0.25) is 28.7 Å². The van der Waals surface area contributed by atoms with E-state index in [-0.39, 0.29) is 124 Å². The number of aromatic nitrogens is 10. The van der Waals surface area contributed by atoms with Gasteiger partial charge in [-0.1, -0.05) is 99.9 Å². The van der Waals surface area contributed by atoms with Crippen molar-refractivity contribution >= 4 is 121 Å². The van der Waals surface area contributed by atoms with Crippen molar-refractivity contribution in [2.24, 2.45) is 0 Å². The predicted octanol–water partition coefficient (Wildman–Crippen LogP) is 12.2. The number of benzene rings is 1. The number of nitrogens with zero attached hydrogens (tertiary/aromatic N) is 10. The second-order valence-electron chi connectivity index (χ2n) is 31.6. The molecule has 10 aromatic heterocycles. The number of carbonyl (C=O) groups excluding carboxylic acids is 5. The van der Waals surface area contributed by atoms with Crippen LogP contribution in [0.3, 0.4) is 0 Å². The molecule has 11 rings (SSSR count). The molecule has 0 radical (unpaired) electrons. The molecule has 11 aromatic rings. The van der Waals surface area contributed by atoms with Crippen LogP contribution in [-0.2, 0) is 91.7 Å². The van der Waals surface area contributed by atoms with Crippen LogP contribution in [0.4, 0.5) is 4.39 Å². The fourth-order valence-electron chi connectivity index (χ4n) is 11.4. The Morgan fingerprint density at radius 2 is 0.641 bits per heavy atom. The van der Waals surface area contributed by atoms with Crippen LogP contribution >= 0.6 is 46.3 Å². The number of rotatable bonds is 29. The SMILES string of the molecule is CCOP(=O)(Cc1ccc2nc(C(=O)OC)c(O)c(=O)n2c1)OCC.CCOP(=O)(Cc1ccc2nc(C(=O)OC)c(O[Si](C)(C)C(C)(C)C)c(=O)n2c1)OCC.COC(=O)c1nc2ccc(CBr)cn2c(=O)c1O[Si](C)(C)C(C)(C)C.COC(=O)c1nc2ccc(CP(=O)(O)O)cn2c(=O)c1O.O=C(CCc1ccc(F)cc1)c1nc2ccc(CP(=O)(O)O)cn2c(=O)c1O. The lowest BCUT2D eigenvalue weighted by atomic mass is 10.1. The third kappa shape index (κ3) is 27.6. The molecule has 708 valence electrons. The lowest BCUT2D eigenvalue weighted by Crippen LogP contribution is -2.46. The maximum atomic E-state index is 13.4. The van der Waals surface area contributed by atoms with Gasteiger partial charge in [-0.25, -0.2) is 48.5 Å². The number of ether oxygens (including phenoxy) is 4. The van der Waals surface area contributed by atoms with Crippen molar-refractivity contribution < 1.29 is 127 Å². The first kappa shape index (κ1) is 107. The highest BCUT2D eigenvalue weighted by Gasteiger charge is 2.43. The van der Waals surface area contributed by atoms with E-state index in [9.17, 15) is 85.9 Å². The average Bonchev–Trinajstić information content (AvgIpc) is 0.750. The topological polar surface area (TPSA) is 559 Å². The van der Waals surface area contributed by atoms with E-state index in [1.165, 1.54) is 90.0 Å². The number of halogens is 2. The Hall–Kier alpha value is -11.0. The monoisotopic (exact) mass is 2000 g/mol. The summed E-state index contributed by atoms with van der Waals surface area (Å²) in [5.74, 6) is -7.00. The van der Waals surface area contributed by atoms with E-state index in [1.54, 1.807) is 58.2 Å². The van der Waals surface area contributed by atoms with Crippen molar-refractivity contribution in [3.63, 3.8) is 0 Å². The van der Waals surface area contributed by atoms with Crippen molar-refractivity contribution in [1.82, 2.24) is 46.9 Å². The van der Waals surface area contributed by atoms with Crippen LogP contribution in [0.25, 0.3) is 28.2 Å². The van der Waals surface area contributed by atoms with E-state index in [4.69, 9.17) is 56.0 Å². The van der Waals surface area contributed by atoms with Crippen molar-refractivity contribution in [1.29, 1.82) is 0 Å². The number of methoxy groups -OCH3 is 4. The Bertz CT molecular complexity index is 6650. The van der Waals surface area contributed by atoms with E-state index >= 15 is 0 Å². The zero-order valence-electron chi connectivity index (χ0n) is 74.7. The summed E-state index contributed by atoms with van der Waals surface area (Å²) in [5, 5.41) is 29.9. The number of pyridine rings is 5. The fourth-order valence-corrected chi connectivity index (χ4v) is 18.5. The van der Waals surface area contributed by atoms with E-state index in [0.29, 0.717) is 27.7 Å². The minimum absolute atomic E-state index is 0.00572. The Morgan fingerprint density at radius 1 is 0.389 bits per heavy atom. The molecule has 0 aliphatic carbocycles. The van der Waals surface area contributed by atoms with Crippen LogP contribution in [-0.4, -0.2) is 183 Å². The summed E-state index contributed by atoms with van der Waals surface area (Å²) in [7, 11) is -15.5.